The standard InChI is InChI=1S/C9H13N/c1-8(10)7-9-5-3-2-4-6-9/h2-6,8H,7,10H2,1H3/i1D3,2D,3D,4D,5D,6D,7D2,8D. The van der Waals surface area contributed by atoms with Gasteiger partial charge in [-0.15, -0.1) is 0 Å². The fourth-order valence-electron chi connectivity index (χ4n) is 0.447. The van der Waals surface area contributed by atoms with Gasteiger partial charge in [0.15, 0.2) is 0 Å². The Morgan fingerprint density at radius 2 is 2.50 bits per heavy atom. The second-order valence-electron chi connectivity index (χ2n) is 1.54. The van der Waals surface area contributed by atoms with E-state index in [2.05, 4.69) is 0 Å². The average molecular weight is 146 g/mol. The van der Waals surface area contributed by atoms with Crippen molar-refractivity contribution in [2.24, 2.45) is 5.73 Å². The van der Waals surface area contributed by atoms with E-state index < -0.39 is 55.0 Å². The van der Waals surface area contributed by atoms with Gasteiger partial charge in [0.2, 0.25) is 0 Å². The summed E-state index contributed by atoms with van der Waals surface area (Å²) >= 11 is 0. The van der Waals surface area contributed by atoms with Gasteiger partial charge in [-0.2, -0.15) is 0 Å². The Kier molecular flexibility index (Phi) is 0.509. The molecule has 0 aromatic heterocycles. The molecule has 1 rings (SSSR count). The predicted octanol–water partition coefficient (Wildman–Crippen LogP) is 1.58. The van der Waals surface area contributed by atoms with E-state index in [1.807, 2.05) is 0 Å². The lowest BCUT2D eigenvalue weighted by Gasteiger charge is -2.02. The molecular weight excluding hydrogens is 122 g/mol. The lowest BCUT2D eigenvalue weighted by molar-refractivity contribution is 0.738. The fourth-order valence-corrected chi connectivity index (χ4v) is 0.447. The molecule has 1 heteroatoms. The van der Waals surface area contributed by atoms with Crippen molar-refractivity contribution in [1.82, 2.24) is 0 Å². The summed E-state index contributed by atoms with van der Waals surface area (Å²) in [6, 6.07) is -7.42. The van der Waals surface area contributed by atoms with Crippen LogP contribution in [0, 0.1) is 0 Å². The second kappa shape index (κ2) is 3.37. The van der Waals surface area contributed by atoms with Crippen LogP contribution in [0.15, 0.2) is 30.2 Å². The van der Waals surface area contributed by atoms with E-state index in [1.165, 1.54) is 0 Å². The Labute approximate surface area is 77.3 Å². The van der Waals surface area contributed by atoms with Gasteiger partial charge in [-0.25, -0.2) is 0 Å². The van der Waals surface area contributed by atoms with Crippen molar-refractivity contribution in [1.29, 1.82) is 0 Å². The zero-order valence-corrected chi connectivity index (χ0v) is 5.08. The maximum atomic E-state index is 7.80. The third-order valence-corrected chi connectivity index (χ3v) is 0.760. The monoisotopic (exact) mass is 146 g/mol. The Morgan fingerprint density at radius 1 is 1.80 bits per heavy atom. The third kappa shape index (κ3) is 2.19. The molecule has 0 radical (unpaired) electrons. The highest BCUT2D eigenvalue weighted by Crippen LogP contribution is 2.00. The van der Waals surface area contributed by atoms with E-state index in [4.69, 9.17) is 20.8 Å². The molecule has 1 unspecified atom stereocenters. The largest absolute Gasteiger partial charge is 0.328 e. The number of benzene rings is 1. The Hall–Kier alpha value is -0.820. The summed E-state index contributed by atoms with van der Waals surface area (Å²) in [5, 5.41) is 0. The van der Waals surface area contributed by atoms with Crippen molar-refractivity contribution in [2.75, 3.05) is 0 Å². The van der Waals surface area contributed by atoms with E-state index in [-0.39, 0.29) is 0 Å². The molecule has 2 N–H and O–H groups in total. The van der Waals surface area contributed by atoms with Crippen LogP contribution in [0.2, 0.25) is 0 Å². The van der Waals surface area contributed by atoms with Crippen LogP contribution in [-0.2, 0) is 6.37 Å². The van der Waals surface area contributed by atoms with Gasteiger partial charge in [-0.1, -0.05) is 30.2 Å². The normalized spacial score (nSPS) is 34.7. The first-order valence-corrected chi connectivity index (χ1v) is 2.54. The molecule has 0 heterocycles. The molecule has 0 aliphatic carbocycles. The van der Waals surface area contributed by atoms with Gasteiger partial charge >= 0.3 is 0 Å². The van der Waals surface area contributed by atoms with Crippen LogP contribution in [-0.4, -0.2) is 6.02 Å². The highest BCUT2D eigenvalue weighted by Gasteiger charge is 1.94. The molecule has 54 valence electrons. The smallest absolute Gasteiger partial charge is 0.0626 e. The molecule has 1 aromatic rings. The zero-order valence-electron chi connectivity index (χ0n) is 16.1. The summed E-state index contributed by atoms with van der Waals surface area (Å²) in [5.41, 5.74) is 4.33. The number of hydrogen-bond donors (Lipinski definition) is 1. The average Bonchev–Trinajstić information content (AvgIpc) is 2.32. The molecule has 0 saturated carbocycles. The quantitative estimate of drug-likeness (QED) is 0.673. The molecule has 1 atom stereocenters. The highest BCUT2D eigenvalue weighted by molar-refractivity contribution is 5.15. The highest BCUT2D eigenvalue weighted by atomic mass is 14.6. The van der Waals surface area contributed by atoms with Gasteiger partial charge in [-0.3, -0.25) is 0 Å². The first-order valence-electron chi connectivity index (χ1n) is 8.04. The van der Waals surface area contributed by atoms with Crippen molar-refractivity contribution < 1.29 is 15.1 Å². The van der Waals surface area contributed by atoms with Gasteiger partial charge in [0, 0.05) is 14.2 Å². The van der Waals surface area contributed by atoms with Gasteiger partial charge in [0.25, 0.3) is 0 Å². The molecule has 0 aliphatic rings. The molecule has 1 aromatic carbocycles. The lowest BCUT2D eigenvalue weighted by atomic mass is 10.1. The predicted molar refractivity (Wildman–Crippen MR) is 43.8 cm³/mol. The summed E-state index contributed by atoms with van der Waals surface area (Å²) in [6.07, 6.45) is -3.19. The number of hydrogen-bond acceptors (Lipinski definition) is 1. The molecular formula is C9H13N. The molecule has 1 nitrogen and oxygen atoms in total. The molecule has 0 aliphatic heterocycles. The van der Waals surface area contributed by atoms with Gasteiger partial charge in [0.05, 0.1) is 6.85 Å². The Balaban J connectivity index is 3.76. The van der Waals surface area contributed by atoms with Crippen molar-refractivity contribution in [2.45, 2.75) is 19.2 Å². The van der Waals surface area contributed by atoms with E-state index in [9.17, 15) is 0 Å². The first-order chi connectivity index (χ1) is 9.18. The minimum atomic E-state index is -3.26. The Bertz CT molecular complexity index is 545. The summed E-state index contributed by atoms with van der Waals surface area (Å²) in [6.45, 7) is -3.26. The van der Waals surface area contributed by atoms with Crippen molar-refractivity contribution >= 4 is 0 Å². The molecule has 0 saturated heterocycles. The SMILES string of the molecule is [2H]c1c([2H])c([2H])c(C([2H])([2H])C([2H])(N)C([2H])([2H])[2H])c([2H])c1[2H]. The van der Waals surface area contributed by atoms with Crippen LogP contribution in [0.4, 0.5) is 0 Å². The van der Waals surface area contributed by atoms with Crippen molar-refractivity contribution in [3.8, 4) is 0 Å². The van der Waals surface area contributed by atoms with Crippen LogP contribution in [0.3, 0.4) is 0 Å². The van der Waals surface area contributed by atoms with Gasteiger partial charge in [0.1, 0.15) is 0 Å². The fraction of sp³-hybridized carbons (Fsp3) is 0.333. The minimum absolute atomic E-state index is 0.744. The summed E-state index contributed by atoms with van der Waals surface area (Å²) in [7, 11) is 0. The van der Waals surface area contributed by atoms with Gasteiger partial charge < -0.3 is 5.73 Å². The second-order valence-corrected chi connectivity index (χ2v) is 1.54. The van der Waals surface area contributed by atoms with Crippen molar-refractivity contribution in [3.05, 3.63) is 35.8 Å². The molecule has 0 spiro atoms. The van der Waals surface area contributed by atoms with Crippen LogP contribution in [0.1, 0.15) is 27.5 Å². The van der Waals surface area contributed by atoms with Crippen LogP contribution < -0.4 is 5.73 Å². The topological polar surface area (TPSA) is 26.0 Å². The molecule has 0 fully saturated rings. The Morgan fingerprint density at radius 3 is 3.10 bits per heavy atom. The molecule has 10 heavy (non-hydrogen) atoms. The maximum absolute atomic E-state index is 7.80. The van der Waals surface area contributed by atoms with E-state index in [1.54, 1.807) is 0 Å². The maximum Gasteiger partial charge on any atom is 0.0626 e. The van der Waals surface area contributed by atoms with Gasteiger partial charge in [-0.05, 0) is 18.8 Å². The number of rotatable bonds is 2. The lowest BCUT2D eigenvalue weighted by Crippen LogP contribution is -2.17. The number of nitrogens with two attached hydrogens (primary N) is 1. The first kappa shape index (κ1) is 1.51. The third-order valence-electron chi connectivity index (χ3n) is 0.760. The van der Waals surface area contributed by atoms with E-state index in [0.29, 0.717) is 0 Å². The summed E-state index contributed by atoms with van der Waals surface area (Å²) < 4.78 is 82.3. The van der Waals surface area contributed by atoms with E-state index >= 15 is 0 Å². The summed E-state index contributed by atoms with van der Waals surface area (Å²) in [5.74, 6) is 0. The minimum Gasteiger partial charge on any atom is -0.328 e. The zero-order chi connectivity index (χ0) is 17.0. The van der Waals surface area contributed by atoms with Crippen LogP contribution in [0.5, 0.6) is 0 Å². The van der Waals surface area contributed by atoms with E-state index in [0.717, 1.165) is 0 Å². The molecule has 0 bridgehead atoms. The summed E-state index contributed by atoms with van der Waals surface area (Å²) in [4.78, 5) is 0. The van der Waals surface area contributed by atoms with Crippen molar-refractivity contribution in [3.63, 3.8) is 0 Å². The molecule has 0 amide bonds. The van der Waals surface area contributed by atoms with Crippen LogP contribution >= 0.6 is 0 Å². The van der Waals surface area contributed by atoms with Crippen LogP contribution in [0.25, 0.3) is 0 Å².